The van der Waals surface area contributed by atoms with E-state index in [1.807, 2.05) is 32.9 Å². The summed E-state index contributed by atoms with van der Waals surface area (Å²) in [4.78, 5) is 12.8. The van der Waals surface area contributed by atoms with E-state index in [1.54, 1.807) is 0 Å². The minimum Gasteiger partial charge on any atom is -0.390 e. The lowest BCUT2D eigenvalue weighted by atomic mass is 9.57. The highest BCUT2D eigenvalue weighted by atomic mass is 16.6. The van der Waals surface area contributed by atoms with Gasteiger partial charge in [0.1, 0.15) is 5.60 Å². The van der Waals surface area contributed by atoms with Gasteiger partial charge in [-0.3, -0.25) is 4.79 Å². The second kappa shape index (κ2) is 8.64. The van der Waals surface area contributed by atoms with E-state index in [0.29, 0.717) is 25.2 Å². The number of aliphatic hydroxyl groups is 2. The minimum atomic E-state index is -1.39. The smallest absolute Gasteiger partial charge is 0.188 e. The van der Waals surface area contributed by atoms with Crippen molar-refractivity contribution in [1.82, 2.24) is 0 Å². The van der Waals surface area contributed by atoms with Gasteiger partial charge < -0.3 is 19.7 Å². The largest absolute Gasteiger partial charge is 0.390 e. The summed E-state index contributed by atoms with van der Waals surface area (Å²) in [6.45, 7) is 16.7. The average molecular weight is 491 g/mol. The standard InChI is InChI=1S/C30H50O5/c1-20-10-11-21-25(2,3)15-9-16-29(21,8)35-30(20,33)19-12-22-27(6)17-13-23(31)26(4,5)34-24(27)14-18-28(22,7)32/h12,19-22,24,32-33H,9-11,13-18H2,1-8H3. The Morgan fingerprint density at radius 3 is 2.29 bits per heavy atom. The second-order valence-electron chi connectivity index (χ2n) is 14.3. The van der Waals surface area contributed by atoms with Crippen molar-refractivity contribution in [2.45, 2.75) is 142 Å². The molecule has 35 heavy (non-hydrogen) atoms. The van der Waals surface area contributed by atoms with Crippen LogP contribution in [0, 0.1) is 28.6 Å². The molecular formula is C30H50O5. The van der Waals surface area contributed by atoms with Crippen LogP contribution in [0.5, 0.6) is 0 Å². The molecule has 4 rings (SSSR count). The zero-order valence-corrected chi connectivity index (χ0v) is 23.4. The van der Waals surface area contributed by atoms with Gasteiger partial charge in [0.2, 0.25) is 0 Å². The Morgan fingerprint density at radius 2 is 1.60 bits per heavy atom. The molecule has 0 amide bonds. The number of fused-ring (bicyclic) bond motifs is 2. The molecule has 0 aromatic heterocycles. The first kappa shape index (κ1) is 27.3. The molecule has 2 aliphatic heterocycles. The van der Waals surface area contributed by atoms with E-state index in [9.17, 15) is 15.0 Å². The highest BCUT2D eigenvalue weighted by molar-refractivity contribution is 5.86. The van der Waals surface area contributed by atoms with Gasteiger partial charge in [-0.25, -0.2) is 0 Å². The Bertz CT molecular complexity index is 859. The van der Waals surface area contributed by atoms with E-state index >= 15 is 0 Å². The van der Waals surface area contributed by atoms with E-state index in [-0.39, 0.29) is 34.7 Å². The summed E-state index contributed by atoms with van der Waals surface area (Å²) in [6.07, 6.45) is 11.3. The number of ether oxygens (including phenoxy) is 2. The van der Waals surface area contributed by atoms with Gasteiger partial charge >= 0.3 is 0 Å². The molecule has 8 unspecified atom stereocenters. The predicted octanol–water partition coefficient (Wildman–Crippen LogP) is 5.96. The van der Waals surface area contributed by atoms with Gasteiger partial charge in [0.25, 0.3) is 0 Å². The van der Waals surface area contributed by atoms with Crippen molar-refractivity contribution in [2.75, 3.05) is 0 Å². The molecule has 0 spiro atoms. The van der Waals surface area contributed by atoms with E-state index in [1.165, 1.54) is 6.42 Å². The van der Waals surface area contributed by atoms with Crippen molar-refractivity contribution in [3.63, 3.8) is 0 Å². The van der Waals surface area contributed by atoms with Crippen LogP contribution in [-0.2, 0) is 14.3 Å². The van der Waals surface area contributed by atoms with E-state index in [2.05, 4.69) is 34.6 Å². The molecule has 200 valence electrons. The summed E-state index contributed by atoms with van der Waals surface area (Å²) in [7, 11) is 0. The van der Waals surface area contributed by atoms with Gasteiger partial charge in [0, 0.05) is 23.7 Å². The second-order valence-corrected chi connectivity index (χ2v) is 14.3. The van der Waals surface area contributed by atoms with Crippen molar-refractivity contribution in [3.8, 4) is 0 Å². The maximum atomic E-state index is 12.8. The first-order valence-electron chi connectivity index (χ1n) is 14.0. The quantitative estimate of drug-likeness (QED) is 0.467. The highest BCUT2D eigenvalue weighted by Gasteiger charge is 2.57. The van der Waals surface area contributed by atoms with Crippen LogP contribution in [-0.4, -0.2) is 44.7 Å². The predicted molar refractivity (Wildman–Crippen MR) is 138 cm³/mol. The van der Waals surface area contributed by atoms with Gasteiger partial charge in [-0.05, 0) is 90.0 Å². The summed E-state index contributed by atoms with van der Waals surface area (Å²) in [5.41, 5.74) is -2.37. The molecule has 2 saturated carbocycles. The van der Waals surface area contributed by atoms with Gasteiger partial charge in [-0.15, -0.1) is 0 Å². The maximum absolute atomic E-state index is 12.8. The van der Waals surface area contributed by atoms with Crippen molar-refractivity contribution in [3.05, 3.63) is 12.2 Å². The van der Waals surface area contributed by atoms with E-state index < -0.39 is 22.4 Å². The lowest BCUT2D eigenvalue weighted by Crippen LogP contribution is -2.56. The number of hydrogen-bond acceptors (Lipinski definition) is 5. The molecule has 0 radical (unpaired) electrons. The average Bonchev–Trinajstić information content (AvgIpc) is 2.88. The Hall–Kier alpha value is -0.750. The first-order chi connectivity index (χ1) is 16.0. The zero-order valence-electron chi connectivity index (χ0n) is 23.4. The molecule has 5 nitrogen and oxygen atoms in total. The van der Waals surface area contributed by atoms with E-state index in [0.717, 1.165) is 32.1 Å². The molecule has 0 aromatic carbocycles. The maximum Gasteiger partial charge on any atom is 0.188 e. The van der Waals surface area contributed by atoms with Crippen molar-refractivity contribution >= 4 is 5.78 Å². The third-order valence-electron chi connectivity index (χ3n) is 10.7. The molecule has 2 heterocycles. The van der Waals surface area contributed by atoms with Gasteiger partial charge in [0.15, 0.2) is 11.6 Å². The van der Waals surface area contributed by atoms with Gasteiger partial charge in [0.05, 0.1) is 17.3 Å². The topological polar surface area (TPSA) is 76.0 Å². The monoisotopic (exact) mass is 490 g/mol. The number of carbonyl (C=O) groups is 1. The lowest BCUT2D eigenvalue weighted by Gasteiger charge is -2.53. The Balaban J connectivity index is 1.67. The fourth-order valence-electron chi connectivity index (χ4n) is 8.28. The number of ketones is 1. The van der Waals surface area contributed by atoms with E-state index in [4.69, 9.17) is 9.47 Å². The highest BCUT2D eigenvalue weighted by Crippen LogP contribution is 2.56. The minimum absolute atomic E-state index is 0.0555. The van der Waals surface area contributed by atoms with Crippen LogP contribution in [0.3, 0.4) is 0 Å². The fourth-order valence-corrected chi connectivity index (χ4v) is 8.28. The normalized spacial score (nSPS) is 50.2. The van der Waals surface area contributed by atoms with Crippen LogP contribution in [0.25, 0.3) is 0 Å². The molecule has 2 aliphatic carbocycles. The molecule has 4 aliphatic rings. The van der Waals surface area contributed by atoms with Gasteiger partial charge in [-0.2, -0.15) is 0 Å². The Kier molecular flexibility index (Phi) is 6.74. The molecule has 2 N–H and O–H groups in total. The van der Waals surface area contributed by atoms with Gasteiger partial charge in [-0.1, -0.05) is 40.2 Å². The summed E-state index contributed by atoms with van der Waals surface area (Å²) in [6, 6.07) is 0. The Morgan fingerprint density at radius 1 is 0.914 bits per heavy atom. The molecule has 2 saturated heterocycles. The fraction of sp³-hybridized carbons (Fsp3) is 0.900. The van der Waals surface area contributed by atoms with Crippen molar-refractivity contribution < 1.29 is 24.5 Å². The number of hydrogen-bond donors (Lipinski definition) is 2. The number of rotatable bonds is 2. The molecule has 0 bridgehead atoms. The lowest BCUT2D eigenvalue weighted by molar-refractivity contribution is -0.275. The third kappa shape index (κ3) is 4.69. The zero-order chi connectivity index (χ0) is 26.1. The molecule has 4 fully saturated rings. The summed E-state index contributed by atoms with van der Waals surface area (Å²) in [5.74, 6) is -1.19. The van der Waals surface area contributed by atoms with Crippen LogP contribution in [0.15, 0.2) is 12.2 Å². The molecule has 8 atom stereocenters. The third-order valence-corrected chi connectivity index (χ3v) is 10.7. The van der Waals surface area contributed by atoms with Crippen LogP contribution in [0.2, 0.25) is 0 Å². The number of Topliss-reactive ketones (excluding diaryl/α,β-unsaturated/α-hetero) is 1. The Labute approximate surface area is 213 Å². The summed E-state index contributed by atoms with van der Waals surface area (Å²) < 4.78 is 13.2. The number of carbonyl (C=O) groups excluding carboxylic acids is 1. The summed E-state index contributed by atoms with van der Waals surface area (Å²) >= 11 is 0. The first-order valence-corrected chi connectivity index (χ1v) is 14.0. The summed E-state index contributed by atoms with van der Waals surface area (Å²) in [5, 5.41) is 23.5. The van der Waals surface area contributed by atoms with Crippen molar-refractivity contribution in [1.29, 1.82) is 0 Å². The molecule has 5 heteroatoms. The SMILES string of the molecule is CC1CCC2C(C)(C)CCCC2(C)OC1(O)C=CC1C(C)(O)CCC2OC(C)(C)C(=O)CCC21C. The van der Waals surface area contributed by atoms with Crippen LogP contribution in [0.4, 0.5) is 0 Å². The molecular weight excluding hydrogens is 440 g/mol. The van der Waals surface area contributed by atoms with Crippen molar-refractivity contribution in [2.24, 2.45) is 28.6 Å². The van der Waals surface area contributed by atoms with Crippen LogP contribution < -0.4 is 0 Å². The van der Waals surface area contributed by atoms with Crippen LogP contribution in [0.1, 0.15) is 113 Å². The van der Waals surface area contributed by atoms with Crippen LogP contribution >= 0.6 is 0 Å². The molecule has 0 aromatic rings.